The zero-order valence-corrected chi connectivity index (χ0v) is 22.3. The lowest BCUT2D eigenvalue weighted by atomic mass is 10.0. The lowest BCUT2D eigenvalue weighted by Crippen LogP contribution is -2.31. The fraction of sp³-hybridized carbons (Fsp3) is 0.304. The van der Waals surface area contributed by atoms with Crippen LogP contribution in [-0.2, 0) is 11.2 Å². The molecule has 0 saturated heterocycles. The van der Waals surface area contributed by atoms with E-state index < -0.39 is 5.97 Å². The van der Waals surface area contributed by atoms with Gasteiger partial charge in [0.1, 0.15) is 17.0 Å². The molecule has 2 heterocycles. The van der Waals surface area contributed by atoms with Crippen molar-refractivity contribution >= 4 is 77.6 Å². The van der Waals surface area contributed by atoms with Gasteiger partial charge >= 0.3 is 5.97 Å². The first-order valence-electron chi connectivity index (χ1n) is 10.1. The van der Waals surface area contributed by atoms with Gasteiger partial charge in [-0.3, -0.25) is 9.78 Å². The van der Waals surface area contributed by atoms with Crippen molar-refractivity contribution in [2.24, 2.45) is 0 Å². The molecule has 0 aliphatic carbocycles. The second kappa shape index (κ2) is 13.8. The van der Waals surface area contributed by atoms with Gasteiger partial charge in [-0.15, -0.1) is 23.2 Å². The van der Waals surface area contributed by atoms with Gasteiger partial charge in [0.2, 0.25) is 0 Å². The summed E-state index contributed by atoms with van der Waals surface area (Å²) in [7, 11) is 0. The third-order valence-electron chi connectivity index (χ3n) is 4.73. The van der Waals surface area contributed by atoms with Crippen molar-refractivity contribution in [1.82, 2.24) is 4.98 Å². The number of hydrogen-bond acceptors (Lipinski definition) is 5. The Hall–Kier alpha value is -1.74. The van der Waals surface area contributed by atoms with Gasteiger partial charge in [-0.2, -0.15) is 0 Å². The van der Waals surface area contributed by atoms with E-state index in [1.807, 2.05) is 18.2 Å². The minimum atomic E-state index is -0.843. The summed E-state index contributed by atoms with van der Waals surface area (Å²) in [5.41, 5.74) is 2.79. The molecular formula is C23H24Br2Cl2N2O4. The number of anilines is 1. The van der Waals surface area contributed by atoms with Crippen molar-refractivity contribution in [3.63, 3.8) is 0 Å². The SMILES string of the molecule is O=C(O)CCCl.Oc1ccc(Br)c2c1N(CCCl)CCC2.Oc1ccc(Br)c2cccnc12. The van der Waals surface area contributed by atoms with E-state index in [0.29, 0.717) is 17.1 Å². The maximum Gasteiger partial charge on any atom is 0.304 e. The van der Waals surface area contributed by atoms with E-state index in [2.05, 4.69) is 41.7 Å². The average molecular weight is 623 g/mol. The zero-order chi connectivity index (χ0) is 24.4. The third-order valence-corrected chi connectivity index (χ3v) is 6.53. The first-order valence-corrected chi connectivity index (χ1v) is 12.8. The predicted molar refractivity (Wildman–Crippen MR) is 141 cm³/mol. The van der Waals surface area contributed by atoms with E-state index in [1.165, 1.54) is 5.56 Å². The summed E-state index contributed by atoms with van der Waals surface area (Å²) < 4.78 is 2.03. The van der Waals surface area contributed by atoms with Crippen molar-refractivity contribution in [2.75, 3.05) is 29.7 Å². The van der Waals surface area contributed by atoms with Crippen LogP contribution in [0.3, 0.4) is 0 Å². The van der Waals surface area contributed by atoms with E-state index >= 15 is 0 Å². The van der Waals surface area contributed by atoms with Crippen LogP contribution in [0.1, 0.15) is 18.4 Å². The smallest absolute Gasteiger partial charge is 0.304 e. The van der Waals surface area contributed by atoms with Gasteiger partial charge in [0, 0.05) is 45.4 Å². The van der Waals surface area contributed by atoms with E-state index in [9.17, 15) is 15.0 Å². The molecule has 0 atom stereocenters. The largest absolute Gasteiger partial charge is 0.506 e. The Morgan fingerprint density at radius 1 is 1.03 bits per heavy atom. The average Bonchev–Trinajstić information content (AvgIpc) is 2.80. The van der Waals surface area contributed by atoms with Crippen LogP contribution >= 0.6 is 55.1 Å². The number of phenolic OH excluding ortho intramolecular Hbond substituents is 2. The van der Waals surface area contributed by atoms with Gasteiger partial charge in [-0.05, 0) is 48.7 Å². The lowest BCUT2D eigenvalue weighted by molar-refractivity contribution is -0.136. The molecule has 0 spiro atoms. The normalized spacial score (nSPS) is 12.2. The van der Waals surface area contributed by atoms with Crippen LogP contribution < -0.4 is 4.90 Å². The summed E-state index contributed by atoms with van der Waals surface area (Å²) in [6.45, 7) is 1.77. The van der Waals surface area contributed by atoms with Crippen molar-refractivity contribution in [1.29, 1.82) is 0 Å². The highest BCUT2D eigenvalue weighted by atomic mass is 79.9. The van der Waals surface area contributed by atoms with E-state index in [1.54, 1.807) is 24.4 Å². The quantitative estimate of drug-likeness (QED) is 0.286. The van der Waals surface area contributed by atoms with Crippen LogP contribution in [0.15, 0.2) is 51.5 Å². The molecule has 0 fully saturated rings. The number of nitrogens with zero attached hydrogens (tertiary/aromatic N) is 2. The predicted octanol–water partition coefficient (Wildman–Crippen LogP) is 6.55. The lowest BCUT2D eigenvalue weighted by Gasteiger charge is -2.31. The molecule has 1 aliphatic heterocycles. The fourth-order valence-corrected chi connectivity index (χ4v) is 4.61. The molecule has 3 aromatic rings. The van der Waals surface area contributed by atoms with Gasteiger partial charge in [0.25, 0.3) is 0 Å². The number of halogens is 4. The molecule has 0 amide bonds. The molecule has 0 saturated carbocycles. The zero-order valence-electron chi connectivity index (χ0n) is 17.6. The first-order chi connectivity index (χ1) is 15.8. The topological polar surface area (TPSA) is 93.9 Å². The number of hydrogen-bond donors (Lipinski definition) is 3. The van der Waals surface area contributed by atoms with Crippen LogP contribution in [0.4, 0.5) is 5.69 Å². The number of aromatic nitrogens is 1. The Morgan fingerprint density at radius 3 is 2.33 bits per heavy atom. The Bertz CT molecular complexity index is 1050. The maximum absolute atomic E-state index is 9.87. The molecule has 6 nitrogen and oxygen atoms in total. The summed E-state index contributed by atoms with van der Waals surface area (Å²) in [4.78, 5) is 15.7. The Balaban J connectivity index is 0.000000192. The van der Waals surface area contributed by atoms with Crippen LogP contribution in [0.2, 0.25) is 0 Å². The number of aromatic hydroxyl groups is 2. The van der Waals surface area contributed by atoms with Gasteiger partial charge in [-0.1, -0.05) is 37.9 Å². The highest BCUT2D eigenvalue weighted by Gasteiger charge is 2.21. The minimum absolute atomic E-state index is 0.0571. The summed E-state index contributed by atoms with van der Waals surface area (Å²) in [6, 6.07) is 10.8. The number of rotatable bonds is 4. The second-order valence-electron chi connectivity index (χ2n) is 6.97. The summed E-state index contributed by atoms with van der Waals surface area (Å²) in [5, 5.41) is 28.0. The van der Waals surface area contributed by atoms with E-state index in [-0.39, 0.29) is 18.1 Å². The number of phenols is 2. The molecule has 0 bridgehead atoms. The Kier molecular flexibility index (Phi) is 11.5. The van der Waals surface area contributed by atoms with Gasteiger partial charge in [0.15, 0.2) is 0 Å². The number of carboxylic acid groups (broad SMARTS) is 1. The number of alkyl halides is 2. The molecule has 0 unspecified atom stereocenters. The van der Waals surface area contributed by atoms with E-state index in [0.717, 1.165) is 46.0 Å². The summed E-state index contributed by atoms with van der Waals surface area (Å²) in [5.74, 6) is 0.526. The van der Waals surface area contributed by atoms with Gasteiger partial charge in [0.05, 0.1) is 12.1 Å². The molecule has 4 rings (SSSR count). The monoisotopic (exact) mass is 620 g/mol. The number of carbonyl (C=O) groups is 1. The molecule has 33 heavy (non-hydrogen) atoms. The number of fused-ring (bicyclic) bond motifs is 2. The standard InChI is InChI=1S/C11H13BrClNO.C9H6BrNO.C3H5ClO2/c12-9-3-4-10(15)11-8(9)2-1-6-14(11)7-5-13;10-7-3-4-8(12)9-6(7)2-1-5-11-9;4-2-1-3(5)6/h3-4,15H,1-2,5-7H2;1-5,12H;1-2H2,(H,5,6). The van der Waals surface area contributed by atoms with Crippen LogP contribution in [0, 0.1) is 0 Å². The third kappa shape index (κ3) is 7.91. The molecule has 1 aliphatic rings. The Morgan fingerprint density at radius 2 is 1.73 bits per heavy atom. The number of aliphatic carboxylic acids is 1. The highest BCUT2D eigenvalue weighted by molar-refractivity contribution is 9.11. The summed E-state index contributed by atoms with van der Waals surface area (Å²) in [6.07, 6.45) is 3.85. The van der Waals surface area contributed by atoms with Crippen molar-refractivity contribution in [3.8, 4) is 11.5 Å². The fourth-order valence-electron chi connectivity index (χ4n) is 3.28. The molecule has 1 aromatic heterocycles. The molecule has 10 heteroatoms. The van der Waals surface area contributed by atoms with Gasteiger partial charge in [-0.25, -0.2) is 0 Å². The van der Waals surface area contributed by atoms with Crippen LogP contribution in [-0.4, -0.2) is 51.1 Å². The number of pyridine rings is 1. The molecule has 0 radical (unpaired) electrons. The van der Waals surface area contributed by atoms with Crippen LogP contribution in [0.5, 0.6) is 11.5 Å². The van der Waals surface area contributed by atoms with Crippen LogP contribution in [0.25, 0.3) is 10.9 Å². The van der Waals surface area contributed by atoms with Gasteiger partial charge < -0.3 is 20.2 Å². The highest BCUT2D eigenvalue weighted by Crippen LogP contribution is 2.39. The molecule has 2 aromatic carbocycles. The van der Waals surface area contributed by atoms with Crippen molar-refractivity contribution in [2.45, 2.75) is 19.3 Å². The summed E-state index contributed by atoms with van der Waals surface area (Å²) >= 11 is 17.7. The van der Waals surface area contributed by atoms with Crippen molar-refractivity contribution in [3.05, 3.63) is 57.1 Å². The second-order valence-corrected chi connectivity index (χ2v) is 9.44. The molecule has 178 valence electrons. The first kappa shape index (κ1) is 27.5. The minimum Gasteiger partial charge on any atom is -0.506 e. The van der Waals surface area contributed by atoms with E-state index in [4.69, 9.17) is 28.3 Å². The molecule has 3 N–H and O–H groups in total. The Labute approximate surface area is 219 Å². The van der Waals surface area contributed by atoms with Crippen molar-refractivity contribution < 1.29 is 20.1 Å². The number of carboxylic acids is 1. The molecular weight excluding hydrogens is 599 g/mol. The maximum atomic E-state index is 9.87. The number of benzene rings is 2.